The maximum Gasteiger partial charge on any atom is 0.258 e. The summed E-state index contributed by atoms with van der Waals surface area (Å²) in [5, 5.41) is 0. The molecule has 134 valence electrons. The van der Waals surface area contributed by atoms with Gasteiger partial charge < -0.3 is 10.6 Å². The lowest BCUT2D eigenvalue weighted by Gasteiger charge is -2.27. The van der Waals surface area contributed by atoms with Crippen LogP contribution in [0.25, 0.3) is 0 Å². The van der Waals surface area contributed by atoms with E-state index in [0.717, 1.165) is 53.9 Å². The molecule has 2 heterocycles. The number of hydrogen-bond acceptors (Lipinski definition) is 3. The van der Waals surface area contributed by atoms with Gasteiger partial charge in [0.2, 0.25) is 0 Å². The highest BCUT2D eigenvalue weighted by Crippen LogP contribution is 2.29. The van der Waals surface area contributed by atoms with Gasteiger partial charge in [-0.3, -0.25) is 9.79 Å². The first-order chi connectivity index (χ1) is 11.6. The van der Waals surface area contributed by atoms with Crippen molar-refractivity contribution < 1.29 is 4.79 Å². The number of dihydropyridines is 1. The zero-order chi connectivity index (χ0) is 17.1. The highest BCUT2D eigenvalue weighted by Gasteiger charge is 2.26. The molecular formula is C20H26ClN3O. The maximum absolute atomic E-state index is 13.1. The smallest absolute Gasteiger partial charge is 0.258 e. The minimum Gasteiger partial charge on any atom is -0.326 e. The summed E-state index contributed by atoms with van der Waals surface area (Å²) in [6.07, 6.45) is 9.22. The molecule has 25 heavy (non-hydrogen) atoms. The first-order valence-corrected chi connectivity index (χ1v) is 8.72. The number of nitrogens with two attached hydrogens (primary N) is 1. The van der Waals surface area contributed by atoms with Crippen LogP contribution in [-0.2, 0) is 6.54 Å². The molecule has 0 saturated heterocycles. The SMILES string of the molecule is CCC1C=NC2=CCCCN(C(=O)c3ccc(CN)c(C)c3)C2=C1.Cl. The van der Waals surface area contributed by atoms with Crippen LogP contribution in [0.3, 0.4) is 0 Å². The first-order valence-electron chi connectivity index (χ1n) is 8.72. The van der Waals surface area contributed by atoms with Gasteiger partial charge in [0.15, 0.2) is 0 Å². The molecule has 1 aromatic rings. The van der Waals surface area contributed by atoms with E-state index in [4.69, 9.17) is 5.73 Å². The lowest BCUT2D eigenvalue weighted by molar-refractivity contribution is 0.0808. The summed E-state index contributed by atoms with van der Waals surface area (Å²) in [7, 11) is 0. The van der Waals surface area contributed by atoms with Crippen LogP contribution in [0.4, 0.5) is 0 Å². The molecular weight excluding hydrogens is 334 g/mol. The molecule has 4 nitrogen and oxygen atoms in total. The van der Waals surface area contributed by atoms with Crippen molar-refractivity contribution in [3.63, 3.8) is 0 Å². The van der Waals surface area contributed by atoms with Crippen molar-refractivity contribution in [2.45, 2.75) is 39.7 Å². The fourth-order valence-corrected chi connectivity index (χ4v) is 3.22. The van der Waals surface area contributed by atoms with Crippen LogP contribution in [0.15, 0.2) is 46.7 Å². The largest absolute Gasteiger partial charge is 0.326 e. The standard InChI is InChI=1S/C20H25N3O.ClH/c1-3-15-11-19-18(22-13-15)6-4-5-9-23(19)20(24)16-7-8-17(12-21)14(2)10-16;/h6-8,10-11,13,15H,3-5,9,12,21H2,1-2H3;1H. The lowest BCUT2D eigenvalue weighted by Crippen LogP contribution is -2.32. The van der Waals surface area contributed by atoms with Crippen molar-refractivity contribution >= 4 is 24.5 Å². The normalized spacial score (nSPS) is 19.3. The fraction of sp³-hybridized carbons (Fsp3) is 0.400. The van der Waals surface area contributed by atoms with Gasteiger partial charge in [0, 0.05) is 30.8 Å². The van der Waals surface area contributed by atoms with E-state index in [0.29, 0.717) is 12.5 Å². The second-order valence-electron chi connectivity index (χ2n) is 6.44. The van der Waals surface area contributed by atoms with Crippen LogP contribution < -0.4 is 5.73 Å². The van der Waals surface area contributed by atoms with Gasteiger partial charge in [-0.25, -0.2) is 0 Å². The molecule has 0 aliphatic carbocycles. The van der Waals surface area contributed by atoms with E-state index in [1.807, 2.05) is 36.2 Å². The van der Waals surface area contributed by atoms with E-state index in [-0.39, 0.29) is 18.3 Å². The zero-order valence-corrected chi connectivity index (χ0v) is 15.7. The van der Waals surface area contributed by atoms with Gasteiger partial charge in [-0.2, -0.15) is 0 Å². The van der Waals surface area contributed by atoms with E-state index in [2.05, 4.69) is 24.1 Å². The van der Waals surface area contributed by atoms with Crippen LogP contribution in [0, 0.1) is 12.8 Å². The van der Waals surface area contributed by atoms with Gasteiger partial charge in [0.05, 0.1) is 11.4 Å². The predicted molar refractivity (Wildman–Crippen MR) is 105 cm³/mol. The van der Waals surface area contributed by atoms with Gasteiger partial charge in [-0.15, -0.1) is 12.4 Å². The monoisotopic (exact) mass is 359 g/mol. The molecule has 0 bridgehead atoms. The Balaban J connectivity index is 0.00000225. The van der Waals surface area contributed by atoms with E-state index in [1.54, 1.807) is 0 Å². The molecule has 1 atom stereocenters. The lowest BCUT2D eigenvalue weighted by atomic mass is 10.0. The minimum atomic E-state index is 0. The quantitative estimate of drug-likeness (QED) is 0.887. The van der Waals surface area contributed by atoms with Crippen LogP contribution in [0.1, 0.15) is 47.7 Å². The number of hydrogen-bond donors (Lipinski definition) is 1. The van der Waals surface area contributed by atoms with Crippen molar-refractivity contribution in [3.8, 4) is 0 Å². The van der Waals surface area contributed by atoms with Gasteiger partial charge in [0.1, 0.15) is 0 Å². The number of benzene rings is 1. The van der Waals surface area contributed by atoms with Crippen LogP contribution in [-0.4, -0.2) is 23.6 Å². The second-order valence-corrected chi connectivity index (χ2v) is 6.44. The van der Waals surface area contributed by atoms with Crippen molar-refractivity contribution in [1.82, 2.24) is 4.90 Å². The number of amides is 1. The van der Waals surface area contributed by atoms with Crippen molar-refractivity contribution in [1.29, 1.82) is 0 Å². The molecule has 0 spiro atoms. The van der Waals surface area contributed by atoms with Crippen LogP contribution in [0.2, 0.25) is 0 Å². The maximum atomic E-state index is 13.1. The third-order valence-corrected chi connectivity index (χ3v) is 4.78. The molecule has 1 amide bonds. The molecule has 0 fully saturated rings. The number of carbonyl (C=O) groups excluding carboxylic acids is 1. The molecule has 1 aromatic carbocycles. The molecule has 2 N–H and O–H groups in total. The van der Waals surface area contributed by atoms with Gasteiger partial charge in [0.25, 0.3) is 5.91 Å². The van der Waals surface area contributed by atoms with Crippen LogP contribution >= 0.6 is 12.4 Å². The summed E-state index contributed by atoms with van der Waals surface area (Å²) in [5.74, 6) is 0.347. The summed E-state index contributed by atoms with van der Waals surface area (Å²) in [4.78, 5) is 19.6. The highest BCUT2D eigenvalue weighted by molar-refractivity contribution is 5.96. The van der Waals surface area contributed by atoms with Crippen LogP contribution in [0.5, 0.6) is 0 Å². The highest BCUT2D eigenvalue weighted by atomic mass is 35.5. The molecule has 2 aliphatic heterocycles. The Morgan fingerprint density at radius 2 is 2.20 bits per heavy atom. The van der Waals surface area contributed by atoms with E-state index in [9.17, 15) is 4.79 Å². The molecule has 0 aromatic heterocycles. The molecule has 1 unspecified atom stereocenters. The number of nitrogens with zero attached hydrogens (tertiary/aromatic N) is 2. The Labute approximate surface area is 155 Å². The third-order valence-electron chi connectivity index (χ3n) is 4.78. The van der Waals surface area contributed by atoms with E-state index in [1.165, 1.54) is 0 Å². The molecule has 3 rings (SSSR count). The van der Waals surface area contributed by atoms with Crippen molar-refractivity contribution in [2.24, 2.45) is 16.6 Å². The Morgan fingerprint density at radius 1 is 1.40 bits per heavy atom. The minimum absolute atomic E-state index is 0. The average Bonchev–Trinajstić information content (AvgIpc) is 2.82. The Hall–Kier alpha value is -1.91. The summed E-state index contributed by atoms with van der Waals surface area (Å²) in [6, 6.07) is 5.79. The van der Waals surface area contributed by atoms with Gasteiger partial charge in [-0.05, 0) is 55.5 Å². The fourth-order valence-electron chi connectivity index (χ4n) is 3.22. The van der Waals surface area contributed by atoms with Gasteiger partial charge >= 0.3 is 0 Å². The molecule has 5 heteroatoms. The molecule has 0 radical (unpaired) electrons. The number of aryl methyl sites for hydroxylation is 1. The second kappa shape index (κ2) is 8.45. The predicted octanol–water partition coefficient (Wildman–Crippen LogP) is 3.99. The van der Waals surface area contributed by atoms with E-state index >= 15 is 0 Å². The number of allylic oxidation sites excluding steroid dienone is 2. The number of rotatable bonds is 3. The van der Waals surface area contributed by atoms with Crippen molar-refractivity contribution in [3.05, 3.63) is 58.4 Å². The topological polar surface area (TPSA) is 58.7 Å². The summed E-state index contributed by atoms with van der Waals surface area (Å²) in [5.41, 5.74) is 10.5. The number of halogens is 1. The van der Waals surface area contributed by atoms with Crippen molar-refractivity contribution in [2.75, 3.05) is 6.54 Å². The first kappa shape index (κ1) is 19.4. The third kappa shape index (κ3) is 4.02. The van der Waals surface area contributed by atoms with E-state index < -0.39 is 0 Å². The number of carbonyl (C=O) groups is 1. The molecule has 2 aliphatic rings. The zero-order valence-electron chi connectivity index (χ0n) is 14.9. The summed E-state index contributed by atoms with van der Waals surface area (Å²) >= 11 is 0. The average molecular weight is 360 g/mol. The summed E-state index contributed by atoms with van der Waals surface area (Å²) < 4.78 is 0. The molecule has 0 saturated carbocycles. The Bertz CT molecular complexity index is 736. The Kier molecular flexibility index (Phi) is 6.57. The Morgan fingerprint density at radius 3 is 2.88 bits per heavy atom. The van der Waals surface area contributed by atoms with Gasteiger partial charge in [-0.1, -0.05) is 19.1 Å². The number of aliphatic imine (C=N–C) groups is 1. The number of fused-ring (bicyclic) bond motifs is 1. The summed E-state index contributed by atoms with van der Waals surface area (Å²) in [6.45, 7) is 5.37.